The molecule has 0 aliphatic heterocycles. The first kappa shape index (κ1) is 16.1. The molecule has 18 heavy (non-hydrogen) atoms. The monoisotopic (exact) mass is 328 g/mol. The van der Waals surface area contributed by atoms with Gasteiger partial charge in [-0.1, -0.05) is 60.8 Å². The van der Waals surface area contributed by atoms with E-state index in [1.807, 2.05) is 11.8 Å². The van der Waals surface area contributed by atoms with Gasteiger partial charge in [-0.05, 0) is 42.6 Å². The lowest BCUT2D eigenvalue weighted by Crippen LogP contribution is -2.22. The lowest BCUT2D eigenvalue weighted by Gasteiger charge is -2.31. The highest BCUT2D eigenvalue weighted by Gasteiger charge is 2.25. The van der Waals surface area contributed by atoms with Gasteiger partial charge in [-0.15, -0.1) is 11.8 Å². The maximum atomic E-state index is 3.74. The van der Waals surface area contributed by atoms with Crippen LogP contribution in [0.5, 0.6) is 0 Å². The zero-order valence-electron chi connectivity index (χ0n) is 11.6. The number of alkyl halides is 1. The van der Waals surface area contributed by atoms with Gasteiger partial charge >= 0.3 is 0 Å². The van der Waals surface area contributed by atoms with Crippen LogP contribution in [0.2, 0.25) is 0 Å². The van der Waals surface area contributed by atoms with Gasteiger partial charge < -0.3 is 0 Å². The quantitative estimate of drug-likeness (QED) is 0.387. The van der Waals surface area contributed by atoms with Crippen LogP contribution in [0.4, 0.5) is 0 Å². The molecule has 0 saturated heterocycles. The second-order valence-corrected chi connectivity index (χ2v) is 6.73. The second kappa shape index (κ2) is 9.03. The molecule has 0 aliphatic carbocycles. The molecule has 0 heterocycles. The van der Waals surface area contributed by atoms with E-state index in [0.717, 1.165) is 5.33 Å². The van der Waals surface area contributed by atoms with E-state index in [1.54, 1.807) is 0 Å². The predicted molar refractivity (Wildman–Crippen MR) is 87.8 cm³/mol. The third kappa shape index (κ3) is 5.36. The summed E-state index contributed by atoms with van der Waals surface area (Å²) in [6, 6.07) is 10.7. The Bertz CT molecular complexity index is 306. The molecule has 0 amide bonds. The van der Waals surface area contributed by atoms with Gasteiger partial charge in [0.2, 0.25) is 0 Å². The lowest BCUT2D eigenvalue weighted by atomic mass is 9.80. The standard InChI is InChI=1S/C16H25BrS/c1-3-5-11-16(4-2,14-17)12-13-18-15-9-7-6-8-10-15/h6-10H,3-5,11-14H2,1-2H3. The van der Waals surface area contributed by atoms with Crippen LogP contribution in [0.15, 0.2) is 35.2 Å². The fourth-order valence-corrected chi connectivity index (χ4v) is 4.24. The van der Waals surface area contributed by atoms with E-state index in [-0.39, 0.29) is 0 Å². The first-order valence-electron chi connectivity index (χ1n) is 7.00. The Balaban J connectivity index is 2.42. The van der Waals surface area contributed by atoms with Crippen molar-refractivity contribution in [1.29, 1.82) is 0 Å². The molecule has 0 N–H and O–H groups in total. The summed E-state index contributed by atoms with van der Waals surface area (Å²) in [7, 11) is 0. The van der Waals surface area contributed by atoms with Crippen LogP contribution in [0.1, 0.15) is 46.0 Å². The van der Waals surface area contributed by atoms with Gasteiger partial charge in [-0.3, -0.25) is 0 Å². The molecule has 1 rings (SSSR count). The van der Waals surface area contributed by atoms with Gasteiger partial charge in [0.05, 0.1) is 0 Å². The van der Waals surface area contributed by atoms with Crippen molar-refractivity contribution >= 4 is 27.7 Å². The van der Waals surface area contributed by atoms with Crippen LogP contribution in [0, 0.1) is 5.41 Å². The fourth-order valence-electron chi connectivity index (χ4n) is 2.16. The highest BCUT2D eigenvalue weighted by Crippen LogP contribution is 2.36. The molecular weight excluding hydrogens is 304 g/mol. The molecule has 0 nitrogen and oxygen atoms in total. The molecule has 0 aromatic heterocycles. The van der Waals surface area contributed by atoms with E-state index in [9.17, 15) is 0 Å². The Hall–Kier alpha value is 0.0500. The van der Waals surface area contributed by atoms with Crippen molar-refractivity contribution < 1.29 is 0 Å². The van der Waals surface area contributed by atoms with Gasteiger partial charge in [-0.25, -0.2) is 0 Å². The normalized spacial score (nSPS) is 14.4. The minimum absolute atomic E-state index is 0.512. The number of rotatable bonds is 9. The molecule has 1 atom stereocenters. The molecule has 0 aliphatic rings. The molecule has 0 fully saturated rings. The molecule has 2 heteroatoms. The number of halogens is 1. The van der Waals surface area contributed by atoms with Crippen LogP contribution in [0.3, 0.4) is 0 Å². The SMILES string of the molecule is CCCCC(CC)(CBr)CCSc1ccccc1. The van der Waals surface area contributed by atoms with Crippen LogP contribution in [0.25, 0.3) is 0 Å². The number of hydrogen-bond donors (Lipinski definition) is 0. The van der Waals surface area contributed by atoms with Crippen molar-refractivity contribution in [3.63, 3.8) is 0 Å². The zero-order valence-corrected chi connectivity index (χ0v) is 14.0. The van der Waals surface area contributed by atoms with Gasteiger partial charge in [0.25, 0.3) is 0 Å². The average Bonchev–Trinajstić information content (AvgIpc) is 2.44. The minimum atomic E-state index is 0.512. The summed E-state index contributed by atoms with van der Waals surface area (Å²) in [5.74, 6) is 1.23. The maximum absolute atomic E-state index is 3.74. The summed E-state index contributed by atoms with van der Waals surface area (Å²) in [6.45, 7) is 4.62. The van der Waals surface area contributed by atoms with Gasteiger partial charge in [0.1, 0.15) is 0 Å². The molecule has 0 radical (unpaired) electrons. The summed E-state index contributed by atoms with van der Waals surface area (Å²) in [4.78, 5) is 1.40. The Morgan fingerprint density at radius 1 is 1.11 bits per heavy atom. The molecule has 102 valence electrons. The van der Waals surface area contributed by atoms with Crippen LogP contribution >= 0.6 is 27.7 Å². The topological polar surface area (TPSA) is 0 Å². The lowest BCUT2D eigenvalue weighted by molar-refractivity contribution is 0.277. The molecule has 0 spiro atoms. The van der Waals surface area contributed by atoms with Crippen molar-refractivity contribution in [2.24, 2.45) is 5.41 Å². The average molecular weight is 329 g/mol. The van der Waals surface area contributed by atoms with Crippen molar-refractivity contribution in [2.75, 3.05) is 11.1 Å². The summed E-state index contributed by atoms with van der Waals surface area (Å²) in [5, 5.41) is 1.14. The van der Waals surface area contributed by atoms with Crippen LogP contribution < -0.4 is 0 Å². The van der Waals surface area contributed by atoms with Crippen LogP contribution in [-0.4, -0.2) is 11.1 Å². The van der Waals surface area contributed by atoms with E-state index in [4.69, 9.17) is 0 Å². The molecule has 1 aromatic rings. The second-order valence-electron chi connectivity index (χ2n) is 5.00. The smallest absolute Gasteiger partial charge is 0.00881 e. The summed E-state index contributed by atoms with van der Waals surface area (Å²) >= 11 is 5.73. The van der Waals surface area contributed by atoms with Crippen molar-refractivity contribution in [3.8, 4) is 0 Å². The molecule has 1 aromatic carbocycles. The Kier molecular flexibility index (Phi) is 8.08. The largest absolute Gasteiger partial charge is 0.126 e. The van der Waals surface area contributed by atoms with Crippen molar-refractivity contribution in [2.45, 2.75) is 50.8 Å². The molecule has 1 unspecified atom stereocenters. The van der Waals surface area contributed by atoms with E-state index in [1.165, 1.54) is 42.8 Å². The number of unbranched alkanes of at least 4 members (excludes halogenated alkanes) is 1. The minimum Gasteiger partial charge on any atom is -0.126 e. The Morgan fingerprint density at radius 2 is 1.83 bits per heavy atom. The van der Waals surface area contributed by atoms with Crippen LogP contribution in [-0.2, 0) is 0 Å². The van der Waals surface area contributed by atoms with Gasteiger partial charge in [0.15, 0.2) is 0 Å². The summed E-state index contributed by atoms with van der Waals surface area (Å²) in [6.07, 6.45) is 6.62. The highest BCUT2D eigenvalue weighted by atomic mass is 79.9. The third-order valence-corrected chi connectivity index (χ3v) is 5.94. The molecule has 0 saturated carbocycles. The Labute approximate surface area is 125 Å². The highest BCUT2D eigenvalue weighted by molar-refractivity contribution is 9.09. The number of thioether (sulfide) groups is 1. The van der Waals surface area contributed by atoms with E-state index in [2.05, 4.69) is 60.1 Å². The van der Waals surface area contributed by atoms with Crippen molar-refractivity contribution in [3.05, 3.63) is 30.3 Å². The van der Waals surface area contributed by atoms with E-state index >= 15 is 0 Å². The van der Waals surface area contributed by atoms with E-state index in [0.29, 0.717) is 5.41 Å². The molecular formula is C16H25BrS. The maximum Gasteiger partial charge on any atom is 0.00881 e. The Morgan fingerprint density at radius 3 is 2.39 bits per heavy atom. The third-order valence-electron chi connectivity index (χ3n) is 3.74. The number of hydrogen-bond acceptors (Lipinski definition) is 1. The van der Waals surface area contributed by atoms with E-state index < -0.39 is 0 Å². The van der Waals surface area contributed by atoms with Crippen molar-refractivity contribution in [1.82, 2.24) is 0 Å². The summed E-state index contributed by atoms with van der Waals surface area (Å²) in [5.41, 5.74) is 0.512. The number of benzene rings is 1. The zero-order chi connectivity index (χ0) is 13.3. The fraction of sp³-hybridized carbons (Fsp3) is 0.625. The summed E-state index contributed by atoms with van der Waals surface area (Å²) < 4.78 is 0. The van der Waals surface area contributed by atoms with Gasteiger partial charge in [0, 0.05) is 10.2 Å². The first-order chi connectivity index (χ1) is 8.76. The van der Waals surface area contributed by atoms with Gasteiger partial charge in [-0.2, -0.15) is 0 Å². The predicted octanol–water partition coefficient (Wildman–Crippen LogP) is 6.15. The first-order valence-corrected chi connectivity index (χ1v) is 9.11. The molecule has 0 bridgehead atoms.